The zero-order valence-corrected chi connectivity index (χ0v) is 10.2. The summed E-state index contributed by atoms with van der Waals surface area (Å²) in [5, 5.41) is 10.8. The van der Waals surface area contributed by atoms with Gasteiger partial charge < -0.3 is 10.8 Å². The van der Waals surface area contributed by atoms with E-state index in [9.17, 15) is 9.50 Å². The Hall–Kier alpha value is -0.930. The van der Waals surface area contributed by atoms with E-state index in [0.29, 0.717) is 6.54 Å². The smallest absolute Gasteiger partial charge is 0.123 e. The molecule has 1 aliphatic rings. The van der Waals surface area contributed by atoms with E-state index in [0.717, 1.165) is 31.2 Å². The lowest BCUT2D eigenvalue weighted by atomic mass is 9.68. The lowest BCUT2D eigenvalue weighted by Crippen LogP contribution is -2.46. The highest BCUT2D eigenvalue weighted by Gasteiger charge is 2.48. The van der Waals surface area contributed by atoms with Gasteiger partial charge in [-0.2, -0.15) is 0 Å². The molecule has 0 bridgehead atoms. The van der Waals surface area contributed by atoms with Crippen LogP contribution in [0.2, 0.25) is 0 Å². The van der Waals surface area contributed by atoms with Crippen molar-refractivity contribution < 1.29 is 9.50 Å². The van der Waals surface area contributed by atoms with Crippen LogP contribution in [0.3, 0.4) is 0 Å². The molecule has 0 radical (unpaired) electrons. The first kappa shape index (κ1) is 12.5. The molecule has 3 heteroatoms. The zero-order chi connectivity index (χ0) is 12.5. The van der Waals surface area contributed by atoms with E-state index < -0.39 is 5.60 Å². The maximum absolute atomic E-state index is 12.9. The highest BCUT2D eigenvalue weighted by molar-refractivity contribution is 5.26. The van der Waals surface area contributed by atoms with Gasteiger partial charge in [-0.1, -0.05) is 25.0 Å². The predicted octanol–water partition coefficient (Wildman–Crippen LogP) is 2.55. The second-order valence-corrected chi connectivity index (χ2v) is 5.27. The minimum absolute atomic E-state index is 0.259. The van der Waals surface area contributed by atoms with Crippen LogP contribution >= 0.6 is 0 Å². The molecule has 1 aromatic carbocycles. The van der Waals surface area contributed by atoms with E-state index in [-0.39, 0.29) is 11.2 Å². The third-order valence-corrected chi connectivity index (χ3v) is 4.39. The fourth-order valence-electron chi connectivity index (χ4n) is 3.02. The first-order valence-electron chi connectivity index (χ1n) is 6.20. The third-order valence-electron chi connectivity index (χ3n) is 4.39. The number of hydrogen-bond donors (Lipinski definition) is 2. The molecule has 1 aromatic rings. The Morgan fingerprint density at radius 3 is 2.29 bits per heavy atom. The van der Waals surface area contributed by atoms with Crippen molar-refractivity contribution in [2.75, 3.05) is 6.54 Å². The normalized spacial score (nSPS) is 22.4. The fraction of sp³-hybridized carbons (Fsp3) is 0.571. The number of halogens is 1. The monoisotopic (exact) mass is 237 g/mol. The molecule has 2 nitrogen and oxygen atoms in total. The van der Waals surface area contributed by atoms with Crippen LogP contribution < -0.4 is 5.73 Å². The van der Waals surface area contributed by atoms with Gasteiger partial charge in [0.2, 0.25) is 0 Å². The van der Waals surface area contributed by atoms with Crippen LogP contribution in [0.25, 0.3) is 0 Å². The van der Waals surface area contributed by atoms with E-state index in [1.807, 2.05) is 0 Å². The van der Waals surface area contributed by atoms with E-state index in [1.54, 1.807) is 19.1 Å². The van der Waals surface area contributed by atoms with Crippen molar-refractivity contribution in [1.29, 1.82) is 0 Å². The molecule has 1 saturated carbocycles. The first-order valence-corrected chi connectivity index (χ1v) is 6.20. The van der Waals surface area contributed by atoms with Gasteiger partial charge in [0.25, 0.3) is 0 Å². The Balaban J connectivity index is 2.37. The summed E-state index contributed by atoms with van der Waals surface area (Å²) in [6.07, 6.45) is 4.09. The number of nitrogens with two attached hydrogens (primary N) is 1. The Bertz CT molecular complexity index is 380. The lowest BCUT2D eigenvalue weighted by Gasteiger charge is -2.42. The molecule has 3 N–H and O–H groups in total. The molecule has 17 heavy (non-hydrogen) atoms. The molecule has 1 fully saturated rings. The topological polar surface area (TPSA) is 46.2 Å². The Morgan fingerprint density at radius 2 is 1.82 bits per heavy atom. The van der Waals surface area contributed by atoms with Gasteiger partial charge in [-0.3, -0.25) is 0 Å². The summed E-state index contributed by atoms with van der Waals surface area (Å²) in [5.41, 5.74) is 5.40. The molecule has 1 unspecified atom stereocenters. The van der Waals surface area contributed by atoms with Crippen molar-refractivity contribution in [2.45, 2.75) is 38.2 Å². The third kappa shape index (κ3) is 1.98. The number of aliphatic hydroxyl groups is 1. The van der Waals surface area contributed by atoms with Crippen molar-refractivity contribution in [3.05, 3.63) is 35.6 Å². The second kappa shape index (κ2) is 4.39. The van der Waals surface area contributed by atoms with Crippen LogP contribution in [0.1, 0.15) is 38.2 Å². The Morgan fingerprint density at radius 1 is 1.29 bits per heavy atom. The summed E-state index contributed by atoms with van der Waals surface area (Å²) in [5.74, 6) is -0.280. The molecule has 0 spiro atoms. The van der Waals surface area contributed by atoms with Crippen molar-refractivity contribution in [3.63, 3.8) is 0 Å². The van der Waals surface area contributed by atoms with Gasteiger partial charge in [-0.25, -0.2) is 4.39 Å². The quantitative estimate of drug-likeness (QED) is 0.848. The minimum atomic E-state index is -0.980. The van der Waals surface area contributed by atoms with Crippen LogP contribution in [0.4, 0.5) is 4.39 Å². The molecule has 0 aliphatic heterocycles. The van der Waals surface area contributed by atoms with Crippen LogP contribution in [0, 0.1) is 11.2 Å². The Labute approximate surface area is 102 Å². The number of benzene rings is 1. The van der Waals surface area contributed by atoms with Gasteiger partial charge >= 0.3 is 0 Å². The highest BCUT2D eigenvalue weighted by atomic mass is 19.1. The molecule has 0 saturated heterocycles. The molecule has 2 rings (SSSR count). The second-order valence-electron chi connectivity index (χ2n) is 5.27. The van der Waals surface area contributed by atoms with Gasteiger partial charge in [0.05, 0.1) is 5.60 Å². The Kier molecular flexibility index (Phi) is 3.23. The standard InChI is InChI=1S/C14H20FNO/c1-13(17,11-4-6-12(15)7-5-11)14(10-16)8-2-3-9-14/h4-7,17H,2-3,8-10,16H2,1H3. The molecule has 0 amide bonds. The van der Waals surface area contributed by atoms with Crippen molar-refractivity contribution in [2.24, 2.45) is 11.1 Å². The van der Waals surface area contributed by atoms with Crippen LogP contribution in [0.15, 0.2) is 24.3 Å². The number of rotatable bonds is 3. The molecule has 0 heterocycles. The van der Waals surface area contributed by atoms with Crippen LogP contribution in [-0.4, -0.2) is 11.7 Å². The highest BCUT2D eigenvalue weighted by Crippen LogP contribution is 2.50. The average Bonchev–Trinajstić information content (AvgIpc) is 2.79. The van der Waals surface area contributed by atoms with E-state index in [1.165, 1.54) is 12.1 Å². The molecule has 1 atom stereocenters. The van der Waals surface area contributed by atoms with Gasteiger partial charge in [0.15, 0.2) is 0 Å². The fourth-order valence-corrected chi connectivity index (χ4v) is 3.02. The molecule has 0 aromatic heterocycles. The van der Waals surface area contributed by atoms with Gasteiger partial charge in [-0.05, 0) is 37.5 Å². The summed E-state index contributed by atoms with van der Waals surface area (Å²) < 4.78 is 12.9. The van der Waals surface area contributed by atoms with Crippen molar-refractivity contribution >= 4 is 0 Å². The maximum Gasteiger partial charge on any atom is 0.123 e. The average molecular weight is 237 g/mol. The summed E-state index contributed by atoms with van der Waals surface area (Å²) in [7, 11) is 0. The minimum Gasteiger partial charge on any atom is -0.385 e. The molecular weight excluding hydrogens is 217 g/mol. The first-order chi connectivity index (χ1) is 8.02. The zero-order valence-electron chi connectivity index (χ0n) is 10.2. The molecular formula is C14H20FNO. The SMILES string of the molecule is CC(O)(c1ccc(F)cc1)C1(CN)CCCC1. The number of hydrogen-bond acceptors (Lipinski definition) is 2. The lowest BCUT2D eigenvalue weighted by molar-refractivity contribution is -0.0694. The van der Waals surface area contributed by atoms with Crippen molar-refractivity contribution in [1.82, 2.24) is 0 Å². The molecule has 1 aliphatic carbocycles. The van der Waals surface area contributed by atoms with Gasteiger partial charge in [0.1, 0.15) is 5.82 Å². The van der Waals surface area contributed by atoms with Crippen LogP contribution in [0.5, 0.6) is 0 Å². The van der Waals surface area contributed by atoms with Crippen molar-refractivity contribution in [3.8, 4) is 0 Å². The summed E-state index contributed by atoms with van der Waals surface area (Å²) in [6.45, 7) is 2.27. The summed E-state index contributed by atoms with van der Waals surface area (Å²) in [6, 6.07) is 6.10. The van der Waals surface area contributed by atoms with E-state index in [4.69, 9.17) is 5.73 Å². The summed E-state index contributed by atoms with van der Waals surface area (Å²) in [4.78, 5) is 0. The largest absolute Gasteiger partial charge is 0.385 e. The predicted molar refractivity (Wildman–Crippen MR) is 65.9 cm³/mol. The van der Waals surface area contributed by atoms with E-state index in [2.05, 4.69) is 0 Å². The maximum atomic E-state index is 12.9. The molecule has 94 valence electrons. The van der Waals surface area contributed by atoms with Crippen LogP contribution in [-0.2, 0) is 5.60 Å². The van der Waals surface area contributed by atoms with E-state index >= 15 is 0 Å². The van der Waals surface area contributed by atoms with Gasteiger partial charge in [-0.15, -0.1) is 0 Å². The van der Waals surface area contributed by atoms with Gasteiger partial charge in [0, 0.05) is 12.0 Å². The summed E-state index contributed by atoms with van der Waals surface area (Å²) >= 11 is 0.